The summed E-state index contributed by atoms with van der Waals surface area (Å²) < 4.78 is 6.43. The lowest BCUT2D eigenvalue weighted by Crippen LogP contribution is -2.56. The van der Waals surface area contributed by atoms with Crippen molar-refractivity contribution >= 4 is 58.2 Å². The monoisotopic (exact) mass is 601 g/mol. The topological polar surface area (TPSA) is 87.7 Å². The minimum Gasteiger partial charge on any atom is -0.359 e. The fraction of sp³-hybridized carbons (Fsp3) is 0.433. The third kappa shape index (κ3) is 4.81. The number of nitrogens with zero attached hydrogens (tertiary/aromatic N) is 1. The first-order valence-corrected chi connectivity index (χ1v) is 14.9. The van der Waals surface area contributed by atoms with Gasteiger partial charge in [-0.25, -0.2) is 0 Å². The first-order valence-electron chi connectivity index (χ1n) is 13.8. The van der Waals surface area contributed by atoms with Gasteiger partial charge in [-0.3, -0.25) is 14.4 Å². The lowest BCUT2D eigenvalue weighted by Gasteiger charge is -2.34. The highest BCUT2D eigenvalue weighted by Gasteiger charge is 2.72. The van der Waals surface area contributed by atoms with Gasteiger partial charge in [0.25, 0.3) is 0 Å². The highest BCUT2D eigenvalue weighted by molar-refractivity contribution is 6.42. The van der Waals surface area contributed by atoms with E-state index in [0.29, 0.717) is 27.2 Å². The molecule has 3 heterocycles. The van der Waals surface area contributed by atoms with Crippen molar-refractivity contribution < 1.29 is 19.1 Å². The van der Waals surface area contributed by atoms with Crippen molar-refractivity contribution in [2.45, 2.75) is 62.3 Å². The van der Waals surface area contributed by atoms with Gasteiger partial charge in [-0.1, -0.05) is 84.4 Å². The summed E-state index contributed by atoms with van der Waals surface area (Å²) in [5.41, 5.74) is 0.126. The van der Waals surface area contributed by atoms with E-state index in [2.05, 4.69) is 10.6 Å². The number of rotatable bonds is 7. The molecule has 6 rings (SSSR count). The number of anilines is 1. The molecule has 3 amide bonds. The van der Waals surface area contributed by atoms with Crippen LogP contribution in [-0.2, 0) is 25.5 Å². The van der Waals surface area contributed by atoms with Crippen molar-refractivity contribution in [1.29, 1.82) is 0 Å². The van der Waals surface area contributed by atoms with Crippen LogP contribution in [0.25, 0.3) is 0 Å². The molecule has 210 valence electrons. The van der Waals surface area contributed by atoms with E-state index in [4.69, 9.17) is 39.5 Å². The fourth-order valence-electron chi connectivity index (χ4n) is 6.78. The van der Waals surface area contributed by atoms with Crippen LogP contribution in [0, 0.1) is 11.8 Å². The first-order chi connectivity index (χ1) is 19.3. The Kier molecular flexibility index (Phi) is 7.59. The van der Waals surface area contributed by atoms with Crippen molar-refractivity contribution in [3.63, 3.8) is 0 Å². The van der Waals surface area contributed by atoms with Crippen LogP contribution in [0.1, 0.15) is 37.7 Å². The van der Waals surface area contributed by atoms with Crippen LogP contribution in [0.4, 0.5) is 5.69 Å². The molecule has 3 fully saturated rings. The number of hydrogen-bond acceptors (Lipinski definition) is 4. The van der Waals surface area contributed by atoms with Crippen molar-refractivity contribution in [3.05, 3.63) is 75.2 Å². The molecule has 2 N–H and O–H groups in total. The summed E-state index contributed by atoms with van der Waals surface area (Å²) in [4.78, 5) is 43.3. The second kappa shape index (κ2) is 11.0. The maximum atomic E-state index is 14.1. The Morgan fingerprint density at radius 3 is 2.50 bits per heavy atom. The SMILES string of the molecule is O=C(Nc1ccc(Cl)c(Cl)c1)[C@@H]1[C@@H]2C=C[C@]3(O2)[C@@H]1C(=O)N(CCc1ccccc1Cl)[C@@H]3C(=O)NC1CCCCC1. The Morgan fingerprint density at radius 1 is 0.975 bits per heavy atom. The van der Waals surface area contributed by atoms with E-state index in [1.807, 2.05) is 24.3 Å². The molecule has 0 unspecified atom stereocenters. The van der Waals surface area contributed by atoms with Gasteiger partial charge in [-0.05, 0) is 49.1 Å². The molecule has 1 saturated carbocycles. The number of likely N-dealkylation sites (tertiary alicyclic amines) is 1. The van der Waals surface area contributed by atoms with Gasteiger partial charge in [0.2, 0.25) is 17.7 Å². The Balaban J connectivity index is 1.30. The molecule has 10 heteroatoms. The Bertz CT molecular complexity index is 1380. The van der Waals surface area contributed by atoms with Crippen molar-refractivity contribution in [1.82, 2.24) is 10.2 Å². The number of carbonyl (C=O) groups excluding carboxylic acids is 3. The van der Waals surface area contributed by atoms with E-state index in [0.717, 1.165) is 37.7 Å². The van der Waals surface area contributed by atoms with E-state index in [1.54, 1.807) is 35.2 Å². The summed E-state index contributed by atoms with van der Waals surface area (Å²) in [7, 11) is 0. The van der Waals surface area contributed by atoms with Crippen LogP contribution in [0.2, 0.25) is 15.1 Å². The van der Waals surface area contributed by atoms with Gasteiger partial charge in [0.15, 0.2) is 0 Å². The van der Waals surface area contributed by atoms with E-state index >= 15 is 0 Å². The van der Waals surface area contributed by atoms with E-state index in [-0.39, 0.29) is 30.3 Å². The molecule has 0 radical (unpaired) electrons. The molecule has 40 heavy (non-hydrogen) atoms. The molecule has 2 aromatic carbocycles. The van der Waals surface area contributed by atoms with E-state index in [1.165, 1.54) is 0 Å². The summed E-state index contributed by atoms with van der Waals surface area (Å²) in [5.74, 6) is -2.51. The average Bonchev–Trinajstić information content (AvgIpc) is 3.58. The number of carbonyl (C=O) groups is 3. The van der Waals surface area contributed by atoms with Gasteiger partial charge in [-0.2, -0.15) is 0 Å². The zero-order valence-corrected chi connectivity index (χ0v) is 24.0. The normalized spacial score (nSPS) is 29.1. The Labute approximate surface area is 248 Å². The molecular weight excluding hydrogens is 573 g/mol. The zero-order valence-electron chi connectivity index (χ0n) is 21.7. The number of benzene rings is 2. The number of fused-ring (bicyclic) bond motifs is 1. The standard InChI is InChI=1S/C30H30Cl3N3O4/c31-20-9-5-4-6-17(20)13-15-36-26(28(38)34-18-7-2-1-3-8-18)30-14-12-23(40-30)24(25(30)29(36)39)27(37)35-19-10-11-21(32)22(33)16-19/h4-6,9-12,14,16,18,23-26H,1-3,7-8,13,15H2,(H,34,38)(H,35,37)/t23-,24+,25-,26+,30-/m0/s1. The van der Waals surface area contributed by atoms with E-state index < -0.39 is 29.6 Å². The largest absolute Gasteiger partial charge is 0.359 e. The van der Waals surface area contributed by atoms with Crippen LogP contribution in [0.15, 0.2) is 54.6 Å². The fourth-order valence-corrected chi connectivity index (χ4v) is 7.30. The smallest absolute Gasteiger partial charge is 0.246 e. The lowest BCUT2D eigenvalue weighted by molar-refractivity contribution is -0.141. The highest BCUT2D eigenvalue weighted by Crippen LogP contribution is 2.55. The van der Waals surface area contributed by atoms with Gasteiger partial charge in [0, 0.05) is 23.3 Å². The second-order valence-corrected chi connectivity index (χ2v) is 12.3. The second-order valence-electron chi connectivity index (χ2n) is 11.0. The van der Waals surface area contributed by atoms with E-state index in [9.17, 15) is 14.4 Å². The molecular formula is C30H30Cl3N3O4. The Morgan fingerprint density at radius 2 is 1.75 bits per heavy atom. The van der Waals surface area contributed by atoms with Crippen LogP contribution in [0.3, 0.4) is 0 Å². The van der Waals surface area contributed by atoms with Gasteiger partial charge >= 0.3 is 0 Å². The zero-order chi connectivity index (χ0) is 28.0. The van der Waals surface area contributed by atoms with Gasteiger partial charge in [0.05, 0.1) is 28.0 Å². The molecule has 7 nitrogen and oxygen atoms in total. The summed E-state index contributed by atoms with van der Waals surface area (Å²) in [6.45, 7) is 0.270. The van der Waals surface area contributed by atoms with Gasteiger partial charge < -0.3 is 20.3 Å². The maximum Gasteiger partial charge on any atom is 0.246 e. The predicted molar refractivity (Wildman–Crippen MR) is 154 cm³/mol. The molecule has 1 spiro atoms. The first kappa shape index (κ1) is 27.6. The molecule has 3 aliphatic heterocycles. The quantitative estimate of drug-likeness (QED) is 0.414. The lowest BCUT2D eigenvalue weighted by atomic mass is 9.74. The molecule has 4 aliphatic rings. The molecule has 2 bridgehead atoms. The maximum absolute atomic E-state index is 14.1. The third-order valence-corrected chi connectivity index (χ3v) is 9.75. The molecule has 0 aromatic heterocycles. The Hall–Kier alpha value is -2.58. The highest BCUT2D eigenvalue weighted by atomic mass is 35.5. The van der Waals surface area contributed by atoms with Crippen LogP contribution in [-0.4, -0.2) is 53.0 Å². The number of halogens is 3. The number of amides is 3. The van der Waals surface area contributed by atoms with Gasteiger partial charge in [0.1, 0.15) is 11.6 Å². The summed E-state index contributed by atoms with van der Waals surface area (Å²) in [5, 5.41) is 7.36. The van der Waals surface area contributed by atoms with Crippen molar-refractivity contribution in [2.24, 2.45) is 11.8 Å². The van der Waals surface area contributed by atoms with Crippen molar-refractivity contribution in [2.75, 3.05) is 11.9 Å². The van der Waals surface area contributed by atoms with Crippen molar-refractivity contribution in [3.8, 4) is 0 Å². The molecule has 5 atom stereocenters. The predicted octanol–water partition coefficient (Wildman–Crippen LogP) is 5.43. The van der Waals surface area contributed by atoms with Crippen LogP contribution >= 0.6 is 34.8 Å². The number of nitrogens with one attached hydrogen (secondary N) is 2. The summed E-state index contributed by atoms with van der Waals surface area (Å²) >= 11 is 18.6. The van der Waals surface area contributed by atoms with Crippen LogP contribution < -0.4 is 10.6 Å². The van der Waals surface area contributed by atoms with Crippen LogP contribution in [0.5, 0.6) is 0 Å². The number of hydrogen-bond donors (Lipinski definition) is 2. The minimum atomic E-state index is -1.22. The number of ether oxygens (including phenoxy) is 1. The summed E-state index contributed by atoms with van der Waals surface area (Å²) in [6.07, 6.45) is 8.59. The third-order valence-electron chi connectivity index (χ3n) is 8.64. The average molecular weight is 603 g/mol. The van der Waals surface area contributed by atoms with Gasteiger partial charge in [-0.15, -0.1) is 0 Å². The minimum absolute atomic E-state index is 0.0635. The molecule has 1 aliphatic carbocycles. The molecule has 2 aromatic rings. The summed E-state index contributed by atoms with van der Waals surface area (Å²) in [6, 6.07) is 11.4. The molecule has 2 saturated heterocycles.